The molecule has 0 saturated carbocycles. The van der Waals surface area contributed by atoms with E-state index in [1.165, 1.54) is 39.3 Å². The van der Waals surface area contributed by atoms with E-state index in [0.29, 0.717) is 17.4 Å². The molecule has 0 saturated heterocycles. The first kappa shape index (κ1) is 22.6. The van der Waals surface area contributed by atoms with E-state index in [1.807, 2.05) is 0 Å². The number of hydrogen-bond acceptors (Lipinski definition) is 4. The summed E-state index contributed by atoms with van der Waals surface area (Å²) in [6, 6.07) is 4.43. The highest BCUT2D eigenvalue weighted by Gasteiger charge is 2.33. The van der Waals surface area contributed by atoms with Crippen molar-refractivity contribution in [3.05, 3.63) is 67.4 Å². The lowest BCUT2D eigenvalue weighted by Crippen LogP contribution is -2.36. The van der Waals surface area contributed by atoms with Crippen LogP contribution < -0.4 is 10.5 Å². The topological polar surface area (TPSA) is 33.5 Å². The molecular weight excluding hydrogens is 426 g/mol. The Morgan fingerprint density at radius 1 is 1.18 bits per heavy atom. The van der Waals surface area contributed by atoms with Crippen LogP contribution in [-0.4, -0.2) is 13.1 Å². The molecule has 33 heavy (non-hydrogen) atoms. The van der Waals surface area contributed by atoms with Gasteiger partial charge in [0.05, 0.1) is 5.56 Å². The molecule has 3 aliphatic rings. The van der Waals surface area contributed by atoms with E-state index < -0.39 is 0 Å². The number of thioether (sulfide) groups is 1. The average Bonchev–Trinajstić information content (AvgIpc) is 2.81. The molecule has 4 heteroatoms. The van der Waals surface area contributed by atoms with Gasteiger partial charge < -0.3 is 9.32 Å². The molecule has 0 radical (unpaired) electrons. The van der Waals surface area contributed by atoms with Crippen LogP contribution in [0.2, 0.25) is 0 Å². The quantitative estimate of drug-likeness (QED) is 0.431. The highest BCUT2D eigenvalue weighted by Crippen LogP contribution is 2.48. The Kier molecular flexibility index (Phi) is 6.07. The Hall–Kier alpha value is -2.20. The summed E-state index contributed by atoms with van der Waals surface area (Å²) in [5.74, 6) is 0.932. The summed E-state index contributed by atoms with van der Waals surface area (Å²) < 4.78 is 6.20. The van der Waals surface area contributed by atoms with Gasteiger partial charge in [0, 0.05) is 39.5 Å². The molecule has 1 aliphatic carbocycles. The molecule has 1 aromatic heterocycles. The van der Waals surface area contributed by atoms with Crippen molar-refractivity contribution in [3.63, 3.8) is 0 Å². The van der Waals surface area contributed by atoms with Crippen molar-refractivity contribution >= 4 is 33.3 Å². The van der Waals surface area contributed by atoms with Gasteiger partial charge in [-0.1, -0.05) is 55.8 Å². The number of anilines is 1. The van der Waals surface area contributed by atoms with E-state index >= 15 is 0 Å². The Balaban J connectivity index is 1.71. The van der Waals surface area contributed by atoms with E-state index in [2.05, 4.69) is 63.8 Å². The van der Waals surface area contributed by atoms with Crippen LogP contribution in [0, 0.1) is 0 Å². The fourth-order valence-corrected chi connectivity index (χ4v) is 6.73. The summed E-state index contributed by atoms with van der Waals surface area (Å²) in [6.45, 7) is 13.3. The minimum absolute atomic E-state index is 0.208. The maximum Gasteiger partial charge on any atom is 0.344 e. The van der Waals surface area contributed by atoms with Gasteiger partial charge in [-0.25, -0.2) is 4.79 Å². The van der Waals surface area contributed by atoms with Gasteiger partial charge in [-0.05, 0) is 75.5 Å². The first-order chi connectivity index (χ1) is 15.9. The lowest BCUT2D eigenvalue weighted by molar-refractivity contribution is 0.522. The Morgan fingerprint density at radius 2 is 1.94 bits per heavy atom. The van der Waals surface area contributed by atoms with Crippen LogP contribution in [0.25, 0.3) is 15.9 Å². The highest BCUT2D eigenvalue weighted by atomic mass is 32.2. The van der Waals surface area contributed by atoms with Crippen LogP contribution in [0.3, 0.4) is 0 Å². The minimum atomic E-state index is -0.208. The smallest absolute Gasteiger partial charge is 0.344 e. The average molecular weight is 462 g/mol. The third-order valence-corrected chi connectivity index (χ3v) is 9.29. The first-order valence-electron chi connectivity index (χ1n) is 12.5. The fourth-order valence-electron chi connectivity index (χ4n) is 5.50. The molecule has 174 valence electrons. The number of fused-ring (bicyclic) bond motifs is 2. The number of benzene rings is 1. The summed E-state index contributed by atoms with van der Waals surface area (Å²) in [5.41, 5.74) is 7.97. The Morgan fingerprint density at radius 3 is 2.67 bits per heavy atom. The second-order valence-corrected chi connectivity index (χ2v) is 11.2. The van der Waals surface area contributed by atoms with Crippen LogP contribution in [0.5, 0.6) is 0 Å². The zero-order chi connectivity index (χ0) is 23.3. The van der Waals surface area contributed by atoms with Gasteiger partial charge in [0.25, 0.3) is 0 Å². The molecule has 3 heterocycles. The summed E-state index contributed by atoms with van der Waals surface area (Å²) >= 11 is 1.74. The van der Waals surface area contributed by atoms with Crippen molar-refractivity contribution in [2.24, 2.45) is 0 Å². The molecule has 0 spiro atoms. The predicted octanol–water partition coefficient (Wildman–Crippen LogP) is 8.11. The van der Waals surface area contributed by atoms with Crippen molar-refractivity contribution in [2.75, 3.05) is 18.0 Å². The predicted molar refractivity (Wildman–Crippen MR) is 142 cm³/mol. The second kappa shape index (κ2) is 8.87. The number of allylic oxidation sites excluding steroid dienone is 4. The Bertz CT molecular complexity index is 1260. The maximum absolute atomic E-state index is 13.5. The lowest BCUT2D eigenvalue weighted by Gasteiger charge is -2.41. The van der Waals surface area contributed by atoms with Gasteiger partial charge in [-0.15, -0.1) is 0 Å². The number of nitrogens with zero attached hydrogens (tertiary/aromatic N) is 1. The summed E-state index contributed by atoms with van der Waals surface area (Å²) in [4.78, 5) is 18.3. The van der Waals surface area contributed by atoms with E-state index in [0.717, 1.165) is 54.6 Å². The van der Waals surface area contributed by atoms with E-state index in [-0.39, 0.29) is 5.63 Å². The second-order valence-electron chi connectivity index (χ2n) is 10.1. The number of rotatable bonds is 4. The van der Waals surface area contributed by atoms with Crippen molar-refractivity contribution in [1.82, 2.24) is 0 Å². The van der Waals surface area contributed by atoms with Gasteiger partial charge in [-0.2, -0.15) is 0 Å². The summed E-state index contributed by atoms with van der Waals surface area (Å²) in [7, 11) is 0. The normalized spacial score (nSPS) is 23.1. The molecule has 3 nitrogen and oxygen atoms in total. The molecule has 5 rings (SSSR count). The standard InChI is InChI=1S/C29H35NO2S/c1-6-17(2)28(33-24-10-8-7-9-19(24)4)23-16-21-15-22-18(3)11-13-30-14-12-20(5)25(26(22)30)27(21)32-29(23)31/h8,10,15-16,18,20H,6-7,9,11-14H2,1-5H3/b28-17-/t18-,20+/m1/s1. The van der Waals surface area contributed by atoms with Gasteiger partial charge in [0.2, 0.25) is 0 Å². The van der Waals surface area contributed by atoms with E-state index in [1.54, 1.807) is 11.8 Å². The van der Waals surface area contributed by atoms with Gasteiger partial charge >= 0.3 is 5.63 Å². The van der Waals surface area contributed by atoms with Crippen molar-refractivity contribution in [2.45, 2.75) is 78.6 Å². The maximum atomic E-state index is 13.5. The third kappa shape index (κ3) is 3.90. The van der Waals surface area contributed by atoms with Crippen LogP contribution in [0.15, 0.2) is 49.5 Å². The molecule has 0 N–H and O–H groups in total. The van der Waals surface area contributed by atoms with Crippen LogP contribution >= 0.6 is 11.8 Å². The molecule has 0 bridgehead atoms. The van der Waals surface area contributed by atoms with Gasteiger partial charge in [0.15, 0.2) is 0 Å². The number of hydrogen-bond donors (Lipinski definition) is 0. The van der Waals surface area contributed by atoms with Crippen molar-refractivity contribution < 1.29 is 4.42 Å². The monoisotopic (exact) mass is 461 g/mol. The third-order valence-electron chi connectivity index (χ3n) is 7.82. The van der Waals surface area contributed by atoms with E-state index in [9.17, 15) is 4.79 Å². The molecule has 2 aliphatic heterocycles. The molecular formula is C29H35NO2S. The van der Waals surface area contributed by atoms with Crippen molar-refractivity contribution in [1.29, 1.82) is 0 Å². The lowest BCUT2D eigenvalue weighted by atomic mass is 9.81. The van der Waals surface area contributed by atoms with Crippen LogP contribution in [0.1, 0.15) is 95.2 Å². The first-order valence-corrected chi connectivity index (χ1v) is 13.3. The zero-order valence-corrected chi connectivity index (χ0v) is 21.4. The molecule has 2 aromatic rings. The molecule has 0 unspecified atom stereocenters. The van der Waals surface area contributed by atoms with Crippen molar-refractivity contribution in [3.8, 4) is 0 Å². The zero-order valence-electron chi connectivity index (χ0n) is 20.6. The molecule has 0 fully saturated rings. The van der Waals surface area contributed by atoms with Gasteiger partial charge in [-0.3, -0.25) is 0 Å². The summed E-state index contributed by atoms with van der Waals surface area (Å²) in [6.07, 6.45) is 9.85. The molecule has 1 aromatic carbocycles. The van der Waals surface area contributed by atoms with Gasteiger partial charge in [0.1, 0.15) is 5.58 Å². The Labute approximate surface area is 201 Å². The minimum Gasteiger partial charge on any atom is -0.422 e. The molecule has 2 atom stereocenters. The highest BCUT2D eigenvalue weighted by molar-refractivity contribution is 8.12. The molecule has 0 amide bonds. The SMILES string of the molecule is CC/C(C)=C(\SC1=C(C)CCC=C1)c1cc2cc3c4c(c2oc1=O)[C@@H](C)CCN4CC[C@H]3C. The summed E-state index contributed by atoms with van der Waals surface area (Å²) in [5, 5.41) is 1.08. The van der Waals surface area contributed by atoms with E-state index in [4.69, 9.17) is 4.42 Å². The van der Waals surface area contributed by atoms with Crippen LogP contribution in [0.4, 0.5) is 5.69 Å². The van der Waals surface area contributed by atoms with Crippen LogP contribution in [-0.2, 0) is 0 Å². The fraction of sp³-hybridized carbons (Fsp3) is 0.483. The largest absolute Gasteiger partial charge is 0.422 e.